The molecule has 0 aliphatic heterocycles. The summed E-state index contributed by atoms with van der Waals surface area (Å²) in [7, 11) is -0.743. The molecular formula is C15H21Si. The molecule has 16 heavy (non-hydrogen) atoms. The number of hydrogen-bond acceptors (Lipinski definition) is 0. The minimum Gasteiger partial charge on any atom is -0.0720 e. The van der Waals surface area contributed by atoms with Crippen molar-refractivity contribution in [2.45, 2.75) is 33.9 Å². The van der Waals surface area contributed by atoms with E-state index in [1.54, 1.807) is 11.1 Å². The summed E-state index contributed by atoms with van der Waals surface area (Å²) in [5.41, 5.74) is 3.14. The summed E-state index contributed by atoms with van der Waals surface area (Å²) < 4.78 is 0. The lowest BCUT2D eigenvalue weighted by Crippen LogP contribution is -2.24. The van der Waals surface area contributed by atoms with Crippen molar-refractivity contribution in [2.75, 3.05) is 0 Å². The van der Waals surface area contributed by atoms with Gasteiger partial charge in [-0.05, 0) is 16.5 Å². The highest BCUT2D eigenvalue weighted by molar-refractivity contribution is 6.66. The highest BCUT2D eigenvalue weighted by atomic mass is 28.3. The summed E-state index contributed by atoms with van der Waals surface area (Å²) in [6.45, 7) is 11.8. The van der Waals surface area contributed by atoms with Gasteiger partial charge in [0.1, 0.15) is 0 Å². The molecule has 2 rings (SSSR count). The van der Waals surface area contributed by atoms with Gasteiger partial charge >= 0.3 is 0 Å². The molecule has 0 N–H and O–H groups in total. The Kier molecular flexibility index (Phi) is 2.83. The monoisotopic (exact) mass is 229 g/mol. The Balaban J connectivity index is 2.53. The molecule has 0 saturated heterocycles. The Hall–Kier alpha value is -0.823. The van der Waals surface area contributed by atoms with Crippen molar-refractivity contribution < 1.29 is 0 Å². The third-order valence-corrected chi connectivity index (χ3v) is 4.90. The average Bonchev–Trinajstić information content (AvgIpc) is 2.55. The van der Waals surface area contributed by atoms with Gasteiger partial charge in [0.25, 0.3) is 0 Å². The lowest BCUT2D eigenvalue weighted by Gasteiger charge is -2.31. The van der Waals surface area contributed by atoms with Crippen LogP contribution in [-0.4, -0.2) is 8.80 Å². The van der Waals surface area contributed by atoms with Crippen LogP contribution >= 0.6 is 0 Å². The summed E-state index contributed by atoms with van der Waals surface area (Å²) in [6, 6.07) is 8.81. The SMILES string of the molecule is C[SiH](C)C1=Cc2ccccc2[C]1C(C)(C)C. The lowest BCUT2D eigenvalue weighted by atomic mass is 9.78. The van der Waals surface area contributed by atoms with Crippen LogP contribution < -0.4 is 0 Å². The summed E-state index contributed by atoms with van der Waals surface area (Å²) in [4.78, 5) is 0. The molecule has 1 aromatic rings. The lowest BCUT2D eigenvalue weighted by molar-refractivity contribution is 0.467. The second-order valence-corrected chi connectivity index (χ2v) is 8.90. The van der Waals surface area contributed by atoms with Crippen LogP contribution in [0.15, 0.2) is 29.5 Å². The van der Waals surface area contributed by atoms with Gasteiger partial charge in [-0.15, -0.1) is 0 Å². The third kappa shape index (κ3) is 1.89. The Bertz CT molecular complexity index is 421. The van der Waals surface area contributed by atoms with Gasteiger partial charge in [-0.3, -0.25) is 0 Å². The van der Waals surface area contributed by atoms with E-state index >= 15 is 0 Å². The van der Waals surface area contributed by atoms with Crippen LogP contribution in [0.3, 0.4) is 0 Å². The van der Waals surface area contributed by atoms with E-state index in [-0.39, 0.29) is 5.41 Å². The Morgan fingerprint density at radius 3 is 2.19 bits per heavy atom. The zero-order chi connectivity index (χ0) is 11.9. The first-order chi connectivity index (χ1) is 7.41. The minimum absolute atomic E-state index is 0.260. The molecule has 0 saturated carbocycles. The first-order valence-electron chi connectivity index (χ1n) is 6.10. The van der Waals surface area contributed by atoms with Crippen LogP contribution in [0.1, 0.15) is 31.9 Å². The number of fused-ring (bicyclic) bond motifs is 1. The Morgan fingerprint density at radius 1 is 1.00 bits per heavy atom. The van der Waals surface area contributed by atoms with Gasteiger partial charge in [-0.25, -0.2) is 0 Å². The normalized spacial score (nSPS) is 16.5. The van der Waals surface area contributed by atoms with Crippen LogP contribution in [0.5, 0.6) is 0 Å². The number of rotatable bonds is 1. The molecule has 0 nitrogen and oxygen atoms in total. The van der Waals surface area contributed by atoms with Gasteiger partial charge in [0.15, 0.2) is 0 Å². The van der Waals surface area contributed by atoms with Crippen molar-refractivity contribution in [3.8, 4) is 0 Å². The van der Waals surface area contributed by atoms with Crippen LogP contribution in [0.4, 0.5) is 0 Å². The standard InChI is InChI=1S/C15H21Si/c1-15(2,3)14-12-9-7-6-8-11(12)10-13(14)16(4)5/h6-10,16H,1-5H3. The van der Waals surface area contributed by atoms with Crippen molar-refractivity contribution >= 4 is 14.9 Å². The summed E-state index contributed by atoms with van der Waals surface area (Å²) >= 11 is 0. The molecular weight excluding hydrogens is 208 g/mol. The van der Waals surface area contributed by atoms with Crippen LogP contribution in [0.2, 0.25) is 13.1 Å². The molecule has 1 radical (unpaired) electrons. The Labute approximate surface area is 101 Å². The maximum Gasteiger partial charge on any atom is 0.0608 e. The number of benzene rings is 1. The van der Waals surface area contributed by atoms with Gasteiger partial charge in [-0.1, -0.05) is 69.4 Å². The van der Waals surface area contributed by atoms with Crippen LogP contribution in [0, 0.1) is 11.3 Å². The van der Waals surface area contributed by atoms with Gasteiger partial charge in [-0.2, -0.15) is 0 Å². The molecule has 0 bridgehead atoms. The average molecular weight is 229 g/mol. The van der Waals surface area contributed by atoms with E-state index in [9.17, 15) is 0 Å². The zero-order valence-electron chi connectivity index (χ0n) is 11.0. The molecule has 0 unspecified atom stereocenters. The van der Waals surface area contributed by atoms with E-state index in [4.69, 9.17) is 0 Å². The predicted octanol–water partition coefficient (Wildman–Crippen LogP) is 4.08. The van der Waals surface area contributed by atoms with Gasteiger partial charge in [0.2, 0.25) is 0 Å². The molecule has 0 heterocycles. The summed E-state index contributed by atoms with van der Waals surface area (Å²) in [6.07, 6.45) is 2.42. The first-order valence-corrected chi connectivity index (χ1v) is 8.98. The molecule has 1 aliphatic carbocycles. The number of hydrogen-bond donors (Lipinski definition) is 0. The van der Waals surface area contributed by atoms with E-state index in [0.29, 0.717) is 0 Å². The molecule has 85 valence electrons. The van der Waals surface area contributed by atoms with E-state index in [2.05, 4.69) is 64.2 Å². The third-order valence-electron chi connectivity index (χ3n) is 3.20. The van der Waals surface area contributed by atoms with Crippen molar-refractivity contribution in [3.05, 3.63) is 46.5 Å². The topological polar surface area (TPSA) is 0 Å². The predicted molar refractivity (Wildman–Crippen MR) is 75.1 cm³/mol. The quantitative estimate of drug-likeness (QED) is 0.637. The van der Waals surface area contributed by atoms with Crippen LogP contribution in [0.25, 0.3) is 6.08 Å². The zero-order valence-corrected chi connectivity index (χ0v) is 12.1. The molecule has 1 aromatic carbocycles. The van der Waals surface area contributed by atoms with E-state index in [1.165, 1.54) is 11.1 Å². The number of allylic oxidation sites excluding steroid dienone is 1. The molecule has 0 fully saturated rings. The van der Waals surface area contributed by atoms with Crippen molar-refractivity contribution in [1.29, 1.82) is 0 Å². The molecule has 1 heteroatoms. The van der Waals surface area contributed by atoms with E-state index in [0.717, 1.165) is 0 Å². The summed E-state index contributed by atoms with van der Waals surface area (Å²) in [5.74, 6) is 1.59. The van der Waals surface area contributed by atoms with E-state index < -0.39 is 8.80 Å². The van der Waals surface area contributed by atoms with Crippen LogP contribution in [-0.2, 0) is 0 Å². The maximum atomic E-state index is 2.42. The fourth-order valence-electron chi connectivity index (χ4n) is 2.54. The highest BCUT2D eigenvalue weighted by Gasteiger charge is 2.36. The first kappa shape index (κ1) is 11.7. The molecule has 0 aromatic heterocycles. The smallest absolute Gasteiger partial charge is 0.0608 e. The molecule has 1 aliphatic rings. The van der Waals surface area contributed by atoms with Crippen molar-refractivity contribution in [3.63, 3.8) is 0 Å². The fraction of sp³-hybridized carbons (Fsp3) is 0.400. The molecule has 0 spiro atoms. The Morgan fingerprint density at radius 2 is 1.62 bits per heavy atom. The van der Waals surface area contributed by atoms with Crippen molar-refractivity contribution in [2.24, 2.45) is 5.41 Å². The van der Waals surface area contributed by atoms with Gasteiger partial charge in [0, 0.05) is 5.92 Å². The fourth-order valence-corrected chi connectivity index (χ4v) is 4.22. The van der Waals surface area contributed by atoms with Gasteiger partial charge < -0.3 is 0 Å². The summed E-state index contributed by atoms with van der Waals surface area (Å²) in [5, 5.41) is 1.65. The minimum atomic E-state index is -0.743. The van der Waals surface area contributed by atoms with Crippen molar-refractivity contribution in [1.82, 2.24) is 0 Å². The maximum absolute atomic E-state index is 2.42. The second kappa shape index (κ2) is 3.88. The molecule has 0 atom stereocenters. The highest BCUT2D eigenvalue weighted by Crippen LogP contribution is 2.46. The largest absolute Gasteiger partial charge is 0.0720 e. The van der Waals surface area contributed by atoms with Gasteiger partial charge in [0.05, 0.1) is 8.80 Å². The second-order valence-electron chi connectivity index (χ2n) is 5.97. The van der Waals surface area contributed by atoms with E-state index in [1.807, 2.05) is 0 Å². The molecule has 0 amide bonds.